The number of ether oxygens (including phenoxy) is 3. The molecule has 0 spiro atoms. The molecule has 0 N–H and O–H groups in total. The Morgan fingerprint density at radius 2 is 0.585 bits per heavy atom. The summed E-state index contributed by atoms with van der Waals surface area (Å²) in [4.78, 5) is 38.1. The number of esters is 3. The highest BCUT2D eigenvalue weighted by molar-refractivity contribution is 5.71. The minimum atomic E-state index is -0.762. The van der Waals surface area contributed by atoms with Crippen LogP contribution in [-0.4, -0.2) is 37.2 Å². The Bertz CT molecular complexity index is 995. The van der Waals surface area contributed by atoms with Gasteiger partial charge in [0.1, 0.15) is 13.2 Å². The molecule has 0 bridgehead atoms. The van der Waals surface area contributed by atoms with Crippen LogP contribution in [0, 0.1) is 11.8 Å². The predicted molar refractivity (Wildman–Crippen MR) is 280 cm³/mol. The highest BCUT2D eigenvalue weighted by Gasteiger charge is 2.19. The SMILES string of the molecule is CCCCCCCCCCCCC(=O)O[C@H](COC(=O)CCCCCCCCCCCCCCCCCCCCC(C)CC)COC(=O)CCCCCCCCCCCCCCC(C)C. The highest BCUT2D eigenvalue weighted by atomic mass is 16.6. The summed E-state index contributed by atoms with van der Waals surface area (Å²) in [7, 11) is 0. The Morgan fingerprint density at radius 1 is 0.323 bits per heavy atom. The maximum atomic E-state index is 12.8. The second kappa shape index (κ2) is 51.8. The fourth-order valence-electron chi connectivity index (χ4n) is 9.02. The van der Waals surface area contributed by atoms with Crippen LogP contribution < -0.4 is 0 Å². The third-order valence-corrected chi connectivity index (χ3v) is 13.8. The molecule has 1 unspecified atom stereocenters. The lowest BCUT2D eigenvalue weighted by Crippen LogP contribution is -2.30. The van der Waals surface area contributed by atoms with Crippen molar-refractivity contribution in [2.45, 2.75) is 336 Å². The van der Waals surface area contributed by atoms with Crippen LogP contribution in [0.1, 0.15) is 330 Å². The van der Waals surface area contributed by atoms with Gasteiger partial charge in [0, 0.05) is 19.3 Å². The molecular weight excluding hydrogens is 805 g/mol. The van der Waals surface area contributed by atoms with Crippen molar-refractivity contribution in [3.63, 3.8) is 0 Å². The lowest BCUT2D eigenvalue weighted by atomic mass is 9.99. The van der Waals surface area contributed by atoms with Gasteiger partial charge in [0.05, 0.1) is 0 Å². The first-order valence-electron chi connectivity index (χ1n) is 29.3. The Labute approximate surface area is 406 Å². The standard InChI is InChI=1S/C59H114O6/c1-6-8-9-10-11-12-29-36-41-46-51-59(62)65-56(53-64-58(61)50-45-40-35-31-26-22-21-23-27-32-37-42-47-54(3)4)52-63-57(60)49-44-39-34-30-25-20-18-16-14-13-15-17-19-24-28-33-38-43-48-55(5)7-2/h54-56H,6-53H2,1-5H3/t55?,56-/m1/s1. The molecule has 0 aromatic rings. The molecule has 2 atom stereocenters. The van der Waals surface area contributed by atoms with Crippen LogP contribution in [0.15, 0.2) is 0 Å². The second-order valence-corrected chi connectivity index (χ2v) is 21.0. The van der Waals surface area contributed by atoms with Gasteiger partial charge in [-0.1, -0.05) is 291 Å². The molecular formula is C59H114O6. The normalized spacial score (nSPS) is 12.5. The molecule has 0 heterocycles. The average molecular weight is 920 g/mol. The van der Waals surface area contributed by atoms with Crippen LogP contribution >= 0.6 is 0 Å². The molecule has 0 aliphatic rings. The smallest absolute Gasteiger partial charge is 0.306 e. The number of hydrogen-bond donors (Lipinski definition) is 0. The van der Waals surface area contributed by atoms with Crippen molar-refractivity contribution in [1.29, 1.82) is 0 Å². The van der Waals surface area contributed by atoms with Crippen LogP contribution in [0.3, 0.4) is 0 Å². The zero-order valence-corrected chi connectivity index (χ0v) is 44.6. The van der Waals surface area contributed by atoms with Gasteiger partial charge in [-0.3, -0.25) is 14.4 Å². The van der Waals surface area contributed by atoms with Crippen molar-refractivity contribution in [2.24, 2.45) is 11.8 Å². The van der Waals surface area contributed by atoms with E-state index in [1.807, 2.05) is 0 Å². The zero-order valence-electron chi connectivity index (χ0n) is 44.6. The van der Waals surface area contributed by atoms with Gasteiger partial charge in [-0.2, -0.15) is 0 Å². The first-order chi connectivity index (χ1) is 31.8. The molecule has 0 rings (SSSR count). The summed E-state index contributed by atoms with van der Waals surface area (Å²) in [5.74, 6) is 0.903. The van der Waals surface area contributed by atoms with E-state index in [-0.39, 0.29) is 31.1 Å². The summed E-state index contributed by atoms with van der Waals surface area (Å²) in [6, 6.07) is 0. The van der Waals surface area contributed by atoms with E-state index in [9.17, 15) is 14.4 Å². The summed E-state index contributed by atoms with van der Waals surface area (Å²) >= 11 is 0. The van der Waals surface area contributed by atoms with Crippen LogP contribution in [-0.2, 0) is 28.6 Å². The zero-order chi connectivity index (χ0) is 47.5. The highest BCUT2D eigenvalue weighted by Crippen LogP contribution is 2.19. The van der Waals surface area contributed by atoms with Gasteiger partial charge in [-0.15, -0.1) is 0 Å². The Hall–Kier alpha value is -1.59. The fourth-order valence-corrected chi connectivity index (χ4v) is 9.02. The number of carbonyl (C=O) groups is 3. The van der Waals surface area contributed by atoms with E-state index in [2.05, 4.69) is 34.6 Å². The van der Waals surface area contributed by atoms with Crippen molar-refractivity contribution in [1.82, 2.24) is 0 Å². The number of carbonyl (C=O) groups excluding carboxylic acids is 3. The maximum Gasteiger partial charge on any atom is 0.306 e. The second-order valence-electron chi connectivity index (χ2n) is 21.0. The van der Waals surface area contributed by atoms with Gasteiger partial charge in [0.25, 0.3) is 0 Å². The van der Waals surface area contributed by atoms with Crippen LogP contribution in [0.2, 0.25) is 0 Å². The molecule has 0 fully saturated rings. The largest absolute Gasteiger partial charge is 0.462 e. The molecule has 0 aromatic heterocycles. The van der Waals surface area contributed by atoms with Crippen molar-refractivity contribution in [3.05, 3.63) is 0 Å². The molecule has 0 saturated heterocycles. The van der Waals surface area contributed by atoms with Crippen molar-refractivity contribution < 1.29 is 28.6 Å². The molecule has 6 nitrogen and oxygen atoms in total. The first-order valence-corrected chi connectivity index (χ1v) is 29.3. The lowest BCUT2D eigenvalue weighted by Gasteiger charge is -2.18. The van der Waals surface area contributed by atoms with Gasteiger partial charge in [0.2, 0.25) is 0 Å². The summed E-state index contributed by atoms with van der Waals surface area (Å²) in [6.07, 6.45) is 55.2. The quantitative estimate of drug-likeness (QED) is 0.0344. The number of hydrogen-bond acceptors (Lipinski definition) is 6. The first kappa shape index (κ1) is 63.4. The monoisotopic (exact) mass is 919 g/mol. The van der Waals surface area contributed by atoms with Gasteiger partial charge < -0.3 is 14.2 Å². The average Bonchev–Trinajstić information content (AvgIpc) is 3.29. The van der Waals surface area contributed by atoms with Crippen LogP contribution in [0.4, 0.5) is 0 Å². The summed E-state index contributed by atoms with van der Waals surface area (Å²) in [5, 5.41) is 0. The topological polar surface area (TPSA) is 78.9 Å². The molecule has 0 saturated carbocycles. The predicted octanol–water partition coefficient (Wildman–Crippen LogP) is 19.3. The molecule has 0 aliphatic carbocycles. The molecule has 0 radical (unpaired) electrons. The van der Waals surface area contributed by atoms with Gasteiger partial charge in [0.15, 0.2) is 6.10 Å². The summed E-state index contributed by atoms with van der Waals surface area (Å²) in [5.41, 5.74) is 0. The van der Waals surface area contributed by atoms with E-state index >= 15 is 0 Å². The van der Waals surface area contributed by atoms with Crippen molar-refractivity contribution in [2.75, 3.05) is 13.2 Å². The Morgan fingerprint density at radius 3 is 0.877 bits per heavy atom. The van der Waals surface area contributed by atoms with Gasteiger partial charge in [-0.25, -0.2) is 0 Å². The van der Waals surface area contributed by atoms with E-state index in [0.29, 0.717) is 19.3 Å². The molecule has 6 heteroatoms. The van der Waals surface area contributed by atoms with E-state index < -0.39 is 6.10 Å². The minimum absolute atomic E-state index is 0.0627. The Kier molecular flexibility index (Phi) is 50.5. The third-order valence-electron chi connectivity index (χ3n) is 13.8. The fraction of sp³-hybridized carbons (Fsp3) is 0.949. The van der Waals surface area contributed by atoms with E-state index in [1.165, 1.54) is 218 Å². The summed E-state index contributed by atoms with van der Waals surface area (Å²) in [6.45, 7) is 11.4. The van der Waals surface area contributed by atoms with Crippen molar-refractivity contribution in [3.8, 4) is 0 Å². The Balaban J connectivity index is 4.17. The minimum Gasteiger partial charge on any atom is -0.462 e. The van der Waals surface area contributed by atoms with Gasteiger partial charge >= 0.3 is 17.9 Å². The van der Waals surface area contributed by atoms with E-state index in [4.69, 9.17) is 14.2 Å². The third kappa shape index (κ3) is 51.6. The number of rotatable bonds is 53. The number of unbranched alkanes of at least 4 members (excludes halogenated alkanes) is 37. The van der Waals surface area contributed by atoms with E-state index in [0.717, 1.165) is 69.6 Å². The maximum absolute atomic E-state index is 12.8. The molecule has 65 heavy (non-hydrogen) atoms. The lowest BCUT2D eigenvalue weighted by molar-refractivity contribution is -0.167. The van der Waals surface area contributed by atoms with Gasteiger partial charge in [-0.05, 0) is 31.1 Å². The molecule has 386 valence electrons. The molecule has 0 aliphatic heterocycles. The van der Waals surface area contributed by atoms with Crippen LogP contribution in [0.25, 0.3) is 0 Å². The van der Waals surface area contributed by atoms with Crippen LogP contribution in [0.5, 0.6) is 0 Å². The van der Waals surface area contributed by atoms with E-state index in [1.54, 1.807) is 0 Å². The molecule has 0 aromatic carbocycles. The van der Waals surface area contributed by atoms with Crippen molar-refractivity contribution >= 4 is 17.9 Å². The summed E-state index contributed by atoms with van der Waals surface area (Å²) < 4.78 is 16.9. The molecule has 0 amide bonds.